The second kappa shape index (κ2) is 7.14. The van der Waals surface area contributed by atoms with Gasteiger partial charge in [-0.2, -0.15) is 0 Å². The molecule has 0 bridgehead atoms. The lowest BCUT2D eigenvalue weighted by molar-refractivity contribution is 0.667. The van der Waals surface area contributed by atoms with Crippen LogP contribution in [0.3, 0.4) is 0 Å². The lowest BCUT2D eigenvalue weighted by Gasteiger charge is -2.07. The third-order valence-corrected chi connectivity index (χ3v) is 7.52. The van der Waals surface area contributed by atoms with Crippen LogP contribution in [0.4, 0.5) is 0 Å². The monoisotopic (exact) mass is 462 g/mol. The highest BCUT2D eigenvalue weighted by molar-refractivity contribution is 7.26. The van der Waals surface area contributed by atoms with Crippen molar-refractivity contribution in [1.29, 1.82) is 0 Å². The van der Waals surface area contributed by atoms with Crippen LogP contribution in [0.1, 0.15) is 0 Å². The van der Waals surface area contributed by atoms with Crippen molar-refractivity contribution in [3.05, 3.63) is 96.3 Å². The van der Waals surface area contributed by atoms with Crippen LogP contribution in [0.25, 0.3) is 64.6 Å². The lowest BCUT2D eigenvalue weighted by Crippen LogP contribution is -1.88. The van der Waals surface area contributed by atoms with Crippen LogP contribution >= 0.6 is 22.9 Å². The highest BCUT2D eigenvalue weighted by atomic mass is 35.5. The first-order valence-corrected chi connectivity index (χ1v) is 11.8. The van der Waals surface area contributed by atoms with E-state index in [1.54, 1.807) is 6.33 Å². The number of hydrogen-bond acceptors (Lipinski definition) is 4. The molecule has 0 N–H and O–H groups in total. The molecule has 4 aromatic carbocycles. The summed E-state index contributed by atoms with van der Waals surface area (Å²) >= 11 is 8.05. The van der Waals surface area contributed by atoms with E-state index >= 15 is 0 Å². The molecule has 0 saturated heterocycles. The molecular weight excluding hydrogens is 448 g/mol. The van der Waals surface area contributed by atoms with Crippen LogP contribution in [0, 0.1) is 0 Å². The van der Waals surface area contributed by atoms with Crippen molar-refractivity contribution < 1.29 is 4.42 Å². The van der Waals surface area contributed by atoms with E-state index in [9.17, 15) is 0 Å². The molecule has 0 fully saturated rings. The minimum Gasteiger partial charge on any atom is -0.452 e. The van der Waals surface area contributed by atoms with E-state index < -0.39 is 0 Å². The Kier molecular flexibility index (Phi) is 4.07. The summed E-state index contributed by atoms with van der Waals surface area (Å²) in [6, 6.07) is 29.2. The molecule has 156 valence electrons. The first-order chi connectivity index (χ1) is 16.3. The van der Waals surface area contributed by atoms with Crippen molar-refractivity contribution >= 4 is 65.2 Å². The molecule has 7 rings (SSSR count). The summed E-state index contributed by atoms with van der Waals surface area (Å²) in [5.41, 5.74) is 6.33. The fourth-order valence-corrected chi connectivity index (χ4v) is 5.97. The molecule has 5 heteroatoms. The van der Waals surface area contributed by atoms with E-state index in [4.69, 9.17) is 16.0 Å². The molecule has 33 heavy (non-hydrogen) atoms. The zero-order valence-corrected chi connectivity index (χ0v) is 18.8. The Morgan fingerprint density at radius 1 is 0.727 bits per heavy atom. The summed E-state index contributed by atoms with van der Waals surface area (Å²) < 4.78 is 8.76. The summed E-state index contributed by atoms with van der Waals surface area (Å²) in [4.78, 5) is 9.07. The molecule has 0 atom stereocenters. The Bertz CT molecular complexity index is 1850. The fraction of sp³-hybridized carbons (Fsp3) is 0. The predicted octanol–water partition coefficient (Wildman–Crippen LogP) is 8.73. The number of halogens is 1. The van der Waals surface area contributed by atoms with Gasteiger partial charge in [-0.05, 0) is 41.5 Å². The minimum atomic E-state index is 0.656. The number of thiophene rings is 1. The molecule has 0 aliphatic heterocycles. The Morgan fingerprint density at radius 2 is 1.58 bits per heavy atom. The van der Waals surface area contributed by atoms with E-state index in [-0.39, 0.29) is 0 Å². The molecule has 0 unspecified atom stereocenters. The van der Waals surface area contributed by atoms with Crippen LogP contribution in [-0.4, -0.2) is 9.97 Å². The number of rotatable bonds is 2. The molecular formula is C28H15ClN2OS. The van der Waals surface area contributed by atoms with Gasteiger partial charge in [0.1, 0.15) is 23.1 Å². The third kappa shape index (κ3) is 2.88. The smallest absolute Gasteiger partial charge is 0.180 e. The highest BCUT2D eigenvalue weighted by Gasteiger charge is 2.16. The summed E-state index contributed by atoms with van der Waals surface area (Å²) in [6.45, 7) is 0. The maximum absolute atomic E-state index is 6.21. The largest absolute Gasteiger partial charge is 0.452 e. The van der Waals surface area contributed by atoms with Crippen molar-refractivity contribution in [3.63, 3.8) is 0 Å². The average molecular weight is 463 g/mol. The van der Waals surface area contributed by atoms with Gasteiger partial charge in [-0.15, -0.1) is 11.3 Å². The topological polar surface area (TPSA) is 38.9 Å². The molecule has 7 aromatic rings. The van der Waals surface area contributed by atoms with E-state index in [1.165, 1.54) is 25.7 Å². The average Bonchev–Trinajstić information content (AvgIpc) is 3.42. The Hall–Kier alpha value is -3.73. The summed E-state index contributed by atoms with van der Waals surface area (Å²) in [5, 5.41) is 4.14. The minimum absolute atomic E-state index is 0.656. The lowest BCUT2D eigenvalue weighted by atomic mass is 9.99. The molecule has 0 saturated carbocycles. The van der Waals surface area contributed by atoms with Gasteiger partial charge in [0.2, 0.25) is 0 Å². The first kappa shape index (κ1) is 18.8. The van der Waals surface area contributed by atoms with Gasteiger partial charge in [0.15, 0.2) is 5.58 Å². The Balaban J connectivity index is 1.45. The van der Waals surface area contributed by atoms with Gasteiger partial charge >= 0.3 is 0 Å². The summed E-state index contributed by atoms with van der Waals surface area (Å²) in [5.74, 6) is 0. The molecule has 0 aliphatic rings. The van der Waals surface area contributed by atoms with Crippen LogP contribution in [0.5, 0.6) is 0 Å². The normalized spacial score (nSPS) is 11.8. The zero-order valence-electron chi connectivity index (χ0n) is 17.2. The SMILES string of the molecule is Clc1ccc2oc3c(-c4cccc(-c5cccc6c5sc5ccccc56)c4)ncnc3c2c1. The van der Waals surface area contributed by atoms with Gasteiger partial charge in [0, 0.05) is 36.1 Å². The molecule has 3 heterocycles. The van der Waals surface area contributed by atoms with Gasteiger partial charge in [-0.3, -0.25) is 0 Å². The van der Waals surface area contributed by atoms with E-state index in [2.05, 4.69) is 76.7 Å². The quantitative estimate of drug-likeness (QED) is 0.258. The second-order valence-corrected chi connectivity index (χ2v) is 9.49. The van der Waals surface area contributed by atoms with Crippen LogP contribution < -0.4 is 0 Å². The fourth-order valence-electron chi connectivity index (χ4n) is 4.56. The number of aromatic nitrogens is 2. The number of furan rings is 1. The maximum atomic E-state index is 6.21. The van der Waals surface area contributed by atoms with Crippen LogP contribution in [-0.2, 0) is 0 Å². The number of fused-ring (bicyclic) bond motifs is 6. The summed E-state index contributed by atoms with van der Waals surface area (Å²) in [6.07, 6.45) is 1.59. The Labute approximate surface area is 197 Å². The Morgan fingerprint density at radius 3 is 2.55 bits per heavy atom. The third-order valence-electron chi connectivity index (χ3n) is 6.06. The molecule has 0 radical (unpaired) electrons. The summed E-state index contributed by atoms with van der Waals surface area (Å²) in [7, 11) is 0. The molecule has 3 nitrogen and oxygen atoms in total. The number of hydrogen-bond donors (Lipinski definition) is 0. The maximum Gasteiger partial charge on any atom is 0.180 e. The van der Waals surface area contributed by atoms with E-state index in [0.29, 0.717) is 10.6 Å². The number of benzene rings is 4. The van der Waals surface area contributed by atoms with Gasteiger partial charge in [0.25, 0.3) is 0 Å². The van der Waals surface area contributed by atoms with Crippen molar-refractivity contribution in [2.75, 3.05) is 0 Å². The van der Waals surface area contributed by atoms with Gasteiger partial charge in [0.05, 0.1) is 0 Å². The van der Waals surface area contributed by atoms with Gasteiger partial charge in [-0.25, -0.2) is 9.97 Å². The van der Waals surface area contributed by atoms with Crippen LogP contribution in [0.2, 0.25) is 5.02 Å². The van der Waals surface area contributed by atoms with E-state index in [0.717, 1.165) is 33.3 Å². The highest BCUT2D eigenvalue weighted by Crippen LogP contribution is 2.41. The molecule has 3 aromatic heterocycles. The zero-order chi connectivity index (χ0) is 21.9. The van der Waals surface area contributed by atoms with Gasteiger partial charge in [-0.1, -0.05) is 66.2 Å². The molecule has 0 spiro atoms. The number of nitrogens with zero attached hydrogens (tertiary/aromatic N) is 2. The van der Waals surface area contributed by atoms with Crippen molar-refractivity contribution in [2.24, 2.45) is 0 Å². The van der Waals surface area contributed by atoms with Crippen molar-refractivity contribution in [2.45, 2.75) is 0 Å². The van der Waals surface area contributed by atoms with Crippen molar-refractivity contribution in [3.8, 4) is 22.4 Å². The van der Waals surface area contributed by atoms with Gasteiger partial charge < -0.3 is 4.42 Å². The van der Waals surface area contributed by atoms with E-state index in [1.807, 2.05) is 29.5 Å². The molecule has 0 aliphatic carbocycles. The van der Waals surface area contributed by atoms with Crippen LogP contribution in [0.15, 0.2) is 95.7 Å². The second-order valence-electron chi connectivity index (χ2n) is 8.00. The standard InChI is InChI=1S/C28H15ClN2OS/c29-18-11-12-23-22(14-18)26-27(32-23)25(30-15-31-26)17-6-3-5-16(13-17)19-8-4-9-21-20-7-1-2-10-24(20)33-28(19)21/h1-15H. The predicted molar refractivity (Wildman–Crippen MR) is 138 cm³/mol. The first-order valence-electron chi connectivity index (χ1n) is 10.6. The molecule has 0 amide bonds. The van der Waals surface area contributed by atoms with Crippen molar-refractivity contribution in [1.82, 2.24) is 9.97 Å².